The fraction of sp³-hybridized carbons (Fsp3) is 0.850. The lowest BCUT2D eigenvalue weighted by Crippen LogP contribution is -2.25. The molecule has 0 radical (unpaired) electrons. The third kappa shape index (κ3) is 7.17. The van der Waals surface area contributed by atoms with Gasteiger partial charge in [0.25, 0.3) is 0 Å². The number of aryl methyl sites for hydroxylation is 1. The van der Waals surface area contributed by atoms with Crippen LogP contribution in [0.3, 0.4) is 0 Å². The molecule has 1 atom stereocenters. The second-order valence-corrected chi connectivity index (χ2v) is 8.32. The van der Waals surface area contributed by atoms with Gasteiger partial charge in [-0.25, -0.2) is 0 Å². The zero-order valence-electron chi connectivity index (χ0n) is 16.3. The summed E-state index contributed by atoms with van der Waals surface area (Å²) in [4.78, 5) is 16.7. The van der Waals surface area contributed by atoms with Crippen LogP contribution >= 0.6 is 0 Å². The normalized spacial score (nSPS) is 17.4. The summed E-state index contributed by atoms with van der Waals surface area (Å²) in [6.45, 7) is 7.68. The Morgan fingerprint density at radius 3 is 2.60 bits per heavy atom. The predicted octanol–water partition coefficient (Wildman–Crippen LogP) is 5.20. The van der Waals surface area contributed by atoms with E-state index < -0.39 is 5.60 Å². The molecular weight excluding hydrogens is 316 g/mol. The first kappa shape index (κ1) is 19.9. The smallest absolute Gasteiger partial charge is 0.307 e. The minimum Gasteiger partial charge on any atom is -0.460 e. The van der Waals surface area contributed by atoms with Gasteiger partial charge in [-0.05, 0) is 33.1 Å². The SMILES string of the molecule is CCc1noc([C@H](CCCC2CCCCC2)CC(=O)OC(C)(C)C)n1. The summed E-state index contributed by atoms with van der Waals surface area (Å²) in [6, 6.07) is 0. The molecule has 0 aliphatic heterocycles. The van der Waals surface area contributed by atoms with Crippen LogP contribution in [-0.2, 0) is 16.0 Å². The molecule has 142 valence electrons. The number of hydrogen-bond acceptors (Lipinski definition) is 5. The molecule has 1 aliphatic rings. The van der Waals surface area contributed by atoms with Crippen LogP contribution in [0.2, 0.25) is 0 Å². The molecule has 0 unspecified atom stereocenters. The number of aromatic nitrogens is 2. The molecule has 25 heavy (non-hydrogen) atoms. The van der Waals surface area contributed by atoms with E-state index in [-0.39, 0.29) is 11.9 Å². The van der Waals surface area contributed by atoms with Crippen molar-refractivity contribution in [3.8, 4) is 0 Å². The monoisotopic (exact) mass is 350 g/mol. The molecule has 1 aromatic rings. The van der Waals surface area contributed by atoms with Crippen LogP contribution in [0.5, 0.6) is 0 Å². The van der Waals surface area contributed by atoms with Gasteiger partial charge >= 0.3 is 5.97 Å². The summed E-state index contributed by atoms with van der Waals surface area (Å²) in [5.74, 6) is 1.92. The maximum atomic E-state index is 12.3. The fourth-order valence-electron chi connectivity index (χ4n) is 3.60. The lowest BCUT2D eigenvalue weighted by Gasteiger charge is -2.23. The maximum absolute atomic E-state index is 12.3. The number of nitrogens with zero attached hydrogens (tertiary/aromatic N) is 2. The summed E-state index contributed by atoms with van der Waals surface area (Å²) in [5, 5.41) is 4.00. The Labute approximate surface area is 151 Å². The van der Waals surface area contributed by atoms with Crippen LogP contribution in [0.4, 0.5) is 0 Å². The van der Waals surface area contributed by atoms with Crippen molar-refractivity contribution < 1.29 is 14.1 Å². The second-order valence-electron chi connectivity index (χ2n) is 8.32. The molecule has 1 aliphatic carbocycles. The van der Waals surface area contributed by atoms with Crippen LogP contribution in [0.25, 0.3) is 0 Å². The fourth-order valence-corrected chi connectivity index (χ4v) is 3.60. The van der Waals surface area contributed by atoms with Gasteiger partial charge in [0.05, 0.1) is 6.42 Å². The van der Waals surface area contributed by atoms with E-state index >= 15 is 0 Å². The molecule has 1 saturated carbocycles. The number of carbonyl (C=O) groups is 1. The molecule has 1 heterocycles. The number of esters is 1. The van der Waals surface area contributed by atoms with Crippen molar-refractivity contribution >= 4 is 5.97 Å². The van der Waals surface area contributed by atoms with Gasteiger partial charge in [0.1, 0.15) is 5.60 Å². The summed E-state index contributed by atoms with van der Waals surface area (Å²) < 4.78 is 10.9. The number of hydrogen-bond donors (Lipinski definition) is 0. The van der Waals surface area contributed by atoms with Crippen molar-refractivity contribution in [1.82, 2.24) is 10.1 Å². The highest BCUT2D eigenvalue weighted by molar-refractivity contribution is 5.70. The van der Waals surface area contributed by atoms with Crippen LogP contribution in [0.1, 0.15) is 103 Å². The summed E-state index contributed by atoms with van der Waals surface area (Å²) in [6.07, 6.45) is 11.1. The van der Waals surface area contributed by atoms with Crippen LogP contribution in [0.15, 0.2) is 4.52 Å². The Morgan fingerprint density at radius 1 is 1.28 bits per heavy atom. The molecule has 5 heteroatoms. The number of carbonyl (C=O) groups excluding carboxylic acids is 1. The minimum atomic E-state index is -0.465. The van der Waals surface area contributed by atoms with Gasteiger partial charge in [0, 0.05) is 12.3 Å². The van der Waals surface area contributed by atoms with Crippen molar-refractivity contribution in [2.45, 2.75) is 103 Å². The van der Waals surface area contributed by atoms with Crippen LogP contribution in [-0.4, -0.2) is 21.7 Å². The first-order valence-electron chi connectivity index (χ1n) is 9.91. The molecule has 0 amide bonds. The number of rotatable bonds is 8. The molecule has 0 aromatic carbocycles. The molecule has 5 nitrogen and oxygen atoms in total. The topological polar surface area (TPSA) is 65.2 Å². The van der Waals surface area contributed by atoms with E-state index in [0.29, 0.717) is 18.1 Å². The first-order valence-corrected chi connectivity index (χ1v) is 9.91. The van der Waals surface area contributed by atoms with E-state index in [9.17, 15) is 4.79 Å². The van der Waals surface area contributed by atoms with Crippen molar-refractivity contribution in [2.24, 2.45) is 5.92 Å². The van der Waals surface area contributed by atoms with E-state index in [4.69, 9.17) is 9.26 Å². The zero-order chi connectivity index (χ0) is 18.3. The summed E-state index contributed by atoms with van der Waals surface area (Å²) >= 11 is 0. The Balaban J connectivity index is 1.92. The summed E-state index contributed by atoms with van der Waals surface area (Å²) in [5.41, 5.74) is -0.465. The third-order valence-corrected chi connectivity index (χ3v) is 4.87. The van der Waals surface area contributed by atoms with E-state index in [2.05, 4.69) is 10.1 Å². The van der Waals surface area contributed by atoms with Gasteiger partial charge in [-0.3, -0.25) is 4.79 Å². The molecular formula is C20H34N2O3. The van der Waals surface area contributed by atoms with Gasteiger partial charge in [-0.1, -0.05) is 57.0 Å². The average molecular weight is 351 g/mol. The Kier molecular flexibility index (Phi) is 7.45. The minimum absolute atomic E-state index is 0.0359. The van der Waals surface area contributed by atoms with Crippen molar-refractivity contribution in [3.63, 3.8) is 0 Å². The molecule has 1 aromatic heterocycles. The third-order valence-electron chi connectivity index (χ3n) is 4.87. The largest absolute Gasteiger partial charge is 0.460 e. The van der Waals surface area contributed by atoms with Gasteiger partial charge < -0.3 is 9.26 Å². The van der Waals surface area contributed by atoms with Crippen molar-refractivity contribution in [1.29, 1.82) is 0 Å². The van der Waals surface area contributed by atoms with E-state index in [1.165, 1.54) is 38.5 Å². The molecule has 2 rings (SSSR count). The first-order chi connectivity index (χ1) is 11.9. The highest BCUT2D eigenvalue weighted by Gasteiger charge is 2.26. The van der Waals surface area contributed by atoms with Crippen LogP contribution in [0, 0.1) is 5.92 Å². The Morgan fingerprint density at radius 2 is 2.00 bits per heavy atom. The lowest BCUT2D eigenvalue weighted by molar-refractivity contribution is -0.155. The average Bonchev–Trinajstić information content (AvgIpc) is 3.02. The Hall–Kier alpha value is -1.39. The molecule has 1 fully saturated rings. The van der Waals surface area contributed by atoms with Crippen molar-refractivity contribution in [3.05, 3.63) is 11.7 Å². The quantitative estimate of drug-likeness (QED) is 0.603. The zero-order valence-corrected chi connectivity index (χ0v) is 16.3. The highest BCUT2D eigenvalue weighted by Crippen LogP contribution is 2.31. The van der Waals surface area contributed by atoms with E-state index in [1.54, 1.807) is 0 Å². The van der Waals surface area contributed by atoms with Gasteiger partial charge in [0.15, 0.2) is 5.82 Å². The molecule has 0 N–H and O–H groups in total. The second kappa shape index (κ2) is 9.35. The highest BCUT2D eigenvalue weighted by atomic mass is 16.6. The van der Waals surface area contributed by atoms with Gasteiger partial charge in [-0.15, -0.1) is 0 Å². The lowest BCUT2D eigenvalue weighted by atomic mass is 9.84. The van der Waals surface area contributed by atoms with Gasteiger partial charge in [0.2, 0.25) is 5.89 Å². The molecule has 0 spiro atoms. The molecule has 0 bridgehead atoms. The predicted molar refractivity (Wildman–Crippen MR) is 97.3 cm³/mol. The number of ether oxygens (including phenoxy) is 1. The maximum Gasteiger partial charge on any atom is 0.307 e. The van der Waals surface area contributed by atoms with Crippen molar-refractivity contribution in [2.75, 3.05) is 0 Å². The summed E-state index contributed by atoms with van der Waals surface area (Å²) in [7, 11) is 0. The molecule has 0 saturated heterocycles. The Bertz CT molecular complexity index is 527. The van der Waals surface area contributed by atoms with E-state index in [0.717, 1.165) is 25.2 Å². The van der Waals surface area contributed by atoms with Crippen LogP contribution < -0.4 is 0 Å². The van der Waals surface area contributed by atoms with E-state index in [1.807, 2.05) is 27.7 Å². The standard InChI is InChI=1S/C20H34N2O3/c1-5-17-21-19(25-22-17)16(14-18(23)24-20(2,3)4)13-9-12-15-10-7-6-8-11-15/h15-16H,5-14H2,1-4H3/t16-/m1/s1. The van der Waals surface area contributed by atoms with Gasteiger partial charge in [-0.2, -0.15) is 4.98 Å².